The number of halogens is 1. The molecule has 3 rings (SSSR count). The predicted octanol–water partition coefficient (Wildman–Crippen LogP) is 3.86. The first-order valence-corrected chi connectivity index (χ1v) is 7.67. The summed E-state index contributed by atoms with van der Waals surface area (Å²) in [7, 11) is 0. The molecule has 0 bridgehead atoms. The maximum Gasteiger partial charge on any atom is 0.338 e. The zero-order valence-corrected chi connectivity index (χ0v) is 13.9. The molecule has 126 valence electrons. The van der Waals surface area contributed by atoms with E-state index in [0.717, 1.165) is 11.6 Å². The SMILES string of the molecule is Cc1nc2ccccc2nc1COC(=O)c1ccc(Cl)c([N+](=O)[O-])c1. The Morgan fingerprint density at radius 1 is 1.20 bits per heavy atom. The number of aryl methyl sites for hydroxylation is 1. The van der Waals surface area contributed by atoms with Crippen LogP contribution in [0.3, 0.4) is 0 Å². The first-order valence-electron chi connectivity index (χ1n) is 7.29. The van der Waals surface area contributed by atoms with Crippen molar-refractivity contribution in [3.05, 3.63) is 74.6 Å². The highest BCUT2D eigenvalue weighted by Crippen LogP contribution is 2.25. The molecule has 8 heteroatoms. The Balaban J connectivity index is 1.80. The minimum atomic E-state index is -0.700. The largest absolute Gasteiger partial charge is 0.456 e. The Morgan fingerprint density at radius 3 is 2.56 bits per heavy atom. The second-order valence-electron chi connectivity index (χ2n) is 5.24. The van der Waals surface area contributed by atoms with Gasteiger partial charge in [-0.15, -0.1) is 0 Å². The number of carbonyl (C=O) groups is 1. The normalized spacial score (nSPS) is 10.6. The number of nitro groups is 1. The number of rotatable bonds is 4. The molecule has 0 atom stereocenters. The lowest BCUT2D eigenvalue weighted by atomic mass is 10.2. The molecule has 1 heterocycles. The Morgan fingerprint density at radius 2 is 1.88 bits per heavy atom. The third kappa shape index (κ3) is 3.56. The maximum atomic E-state index is 12.1. The van der Waals surface area contributed by atoms with Crippen molar-refractivity contribution in [3.63, 3.8) is 0 Å². The Kier molecular flexibility index (Phi) is 4.58. The van der Waals surface area contributed by atoms with Crippen molar-refractivity contribution in [2.24, 2.45) is 0 Å². The van der Waals surface area contributed by atoms with Crippen molar-refractivity contribution >= 4 is 34.3 Å². The van der Waals surface area contributed by atoms with Crippen LogP contribution in [0.5, 0.6) is 0 Å². The van der Waals surface area contributed by atoms with Crippen LogP contribution in [0.25, 0.3) is 11.0 Å². The van der Waals surface area contributed by atoms with Crippen LogP contribution in [0, 0.1) is 17.0 Å². The van der Waals surface area contributed by atoms with Gasteiger partial charge in [-0.1, -0.05) is 23.7 Å². The fourth-order valence-corrected chi connectivity index (χ4v) is 2.44. The lowest BCUT2D eigenvalue weighted by Gasteiger charge is -2.08. The van der Waals surface area contributed by atoms with Crippen LogP contribution in [0.15, 0.2) is 42.5 Å². The van der Waals surface area contributed by atoms with Gasteiger partial charge in [-0.05, 0) is 31.2 Å². The summed E-state index contributed by atoms with van der Waals surface area (Å²) in [4.78, 5) is 31.2. The number of para-hydroxylation sites is 2. The van der Waals surface area contributed by atoms with Gasteiger partial charge in [0.15, 0.2) is 0 Å². The highest BCUT2D eigenvalue weighted by atomic mass is 35.5. The third-order valence-corrected chi connectivity index (χ3v) is 3.88. The van der Waals surface area contributed by atoms with E-state index in [0.29, 0.717) is 16.9 Å². The minimum Gasteiger partial charge on any atom is -0.456 e. The summed E-state index contributed by atoms with van der Waals surface area (Å²) >= 11 is 5.73. The van der Waals surface area contributed by atoms with Crippen molar-refractivity contribution in [1.82, 2.24) is 9.97 Å². The molecule has 7 nitrogen and oxygen atoms in total. The summed E-state index contributed by atoms with van der Waals surface area (Å²) in [6.07, 6.45) is 0. The van der Waals surface area contributed by atoms with Gasteiger partial charge in [0.2, 0.25) is 0 Å². The summed E-state index contributed by atoms with van der Waals surface area (Å²) in [6, 6.07) is 11.1. The van der Waals surface area contributed by atoms with Crippen LogP contribution < -0.4 is 0 Å². The second-order valence-corrected chi connectivity index (χ2v) is 5.65. The van der Waals surface area contributed by atoms with E-state index < -0.39 is 10.9 Å². The minimum absolute atomic E-state index is 0.0437. The number of hydrogen-bond acceptors (Lipinski definition) is 6. The van der Waals surface area contributed by atoms with E-state index in [1.807, 2.05) is 24.3 Å². The van der Waals surface area contributed by atoms with Crippen LogP contribution >= 0.6 is 11.6 Å². The first kappa shape index (κ1) is 16.8. The number of nitro benzene ring substituents is 1. The fourth-order valence-electron chi connectivity index (χ4n) is 2.26. The van der Waals surface area contributed by atoms with E-state index in [-0.39, 0.29) is 22.9 Å². The molecule has 0 aliphatic rings. The Hall–Kier alpha value is -3.06. The number of aromatic nitrogens is 2. The standard InChI is InChI=1S/C17H12ClN3O4/c1-10-15(20-14-5-3-2-4-13(14)19-10)9-25-17(22)11-6-7-12(18)16(8-11)21(23)24/h2-8H,9H2,1H3. The second kappa shape index (κ2) is 6.82. The van der Waals surface area contributed by atoms with Crippen molar-refractivity contribution in [2.75, 3.05) is 0 Å². The topological polar surface area (TPSA) is 95.2 Å². The van der Waals surface area contributed by atoms with Crippen LogP contribution in [-0.4, -0.2) is 20.9 Å². The zero-order valence-electron chi connectivity index (χ0n) is 13.1. The van der Waals surface area contributed by atoms with Crippen LogP contribution in [0.4, 0.5) is 5.69 Å². The van der Waals surface area contributed by atoms with Crippen LogP contribution in [-0.2, 0) is 11.3 Å². The monoisotopic (exact) mass is 357 g/mol. The van der Waals surface area contributed by atoms with E-state index >= 15 is 0 Å². The highest BCUT2D eigenvalue weighted by Gasteiger charge is 2.17. The van der Waals surface area contributed by atoms with Gasteiger partial charge in [-0.3, -0.25) is 10.1 Å². The summed E-state index contributed by atoms with van der Waals surface area (Å²) < 4.78 is 5.21. The molecule has 2 aromatic carbocycles. The molecule has 0 saturated carbocycles. The number of nitrogens with zero attached hydrogens (tertiary/aromatic N) is 3. The van der Waals surface area contributed by atoms with E-state index in [4.69, 9.17) is 16.3 Å². The molecular formula is C17H12ClN3O4. The molecule has 0 aliphatic carbocycles. The van der Waals surface area contributed by atoms with E-state index in [1.165, 1.54) is 12.1 Å². The smallest absolute Gasteiger partial charge is 0.338 e. The summed E-state index contributed by atoms with van der Waals surface area (Å²) in [6.45, 7) is 1.69. The number of hydrogen-bond donors (Lipinski definition) is 0. The number of esters is 1. The average molecular weight is 358 g/mol. The predicted molar refractivity (Wildman–Crippen MR) is 91.5 cm³/mol. The number of carbonyl (C=O) groups excluding carboxylic acids is 1. The quantitative estimate of drug-likeness (QED) is 0.399. The molecule has 25 heavy (non-hydrogen) atoms. The molecule has 0 radical (unpaired) electrons. The van der Waals surface area contributed by atoms with Gasteiger partial charge in [0.05, 0.1) is 32.9 Å². The van der Waals surface area contributed by atoms with E-state index in [1.54, 1.807) is 6.92 Å². The van der Waals surface area contributed by atoms with Crippen molar-refractivity contribution in [3.8, 4) is 0 Å². The Labute approximate surface area is 147 Å². The van der Waals surface area contributed by atoms with Gasteiger partial charge < -0.3 is 4.74 Å². The van der Waals surface area contributed by atoms with Gasteiger partial charge in [0.1, 0.15) is 11.6 Å². The molecule has 0 spiro atoms. The number of ether oxygens (including phenoxy) is 1. The van der Waals surface area contributed by atoms with Crippen molar-refractivity contribution in [1.29, 1.82) is 0 Å². The highest BCUT2D eigenvalue weighted by molar-refractivity contribution is 6.32. The summed E-state index contributed by atoms with van der Waals surface area (Å²) in [5.74, 6) is -0.700. The lowest BCUT2D eigenvalue weighted by Crippen LogP contribution is -2.08. The van der Waals surface area contributed by atoms with Gasteiger partial charge in [0, 0.05) is 6.07 Å². The molecule has 0 aliphatic heterocycles. The van der Waals surface area contributed by atoms with Gasteiger partial charge in [0.25, 0.3) is 5.69 Å². The maximum absolute atomic E-state index is 12.1. The van der Waals surface area contributed by atoms with Crippen molar-refractivity contribution in [2.45, 2.75) is 13.5 Å². The molecule has 0 saturated heterocycles. The molecule has 0 fully saturated rings. The van der Waals surface area contributed by atoms with Gasteiger partial charge in [-0.25, -0.2) is 14.8 Å². The third-order valence-electron chi connectivity index (χ3n) is 3.56. The summed E-state index contributed by atoms with van der Waals surface area (Å²) in [5, 5.41) is 10.9. The Bertz CT molecular complexity index is 991. The van der Waals surface area contributed by atoms with Gasteiger partial charge in [-0.2, -0.15) is 0 Å². The first-order chi connectivity index (χ1) is 12.0. The summed E-state index contributed by atoms with van der Waals surface area (Å²) in [5.41, 5.74) is 2.31. The van der Waals surface area contributed by atoms with E-state index in [9.17, 15) is 14.9 Å². The molecule has 0 amide bonds. The van der Waals surface area contributed by atoms with E-state index in [2.05, 4.69) is 9.97 Å². The molecular weight excluding hydrogens is 346 g/mol. The fraction of sp³-hybridized carbons (Fsp3) is 0.118. The molecule has 1 aromatic heterocycles. The lowest BCUT2D eigenvalue weighted by molar-refractivity contribution is -0.384. The average Bonchev–Trinajstić information content (AvgIpc) is 2.59. The number of benzene rings is 2. The number of fused-ring (bicyclic) bond motifs is 1. The molecule has 0 N–H and O–H groups in total. The van der Waals surface area contributed by atoms with Crippen LogP contribution in [0.1, 0.15) is 21.7 Å². The zero-order chi connectivity index (χ0) is 18.0. The van der Waals surface area contributed by atoms with Crippen LogP contribution in [0.2, 0.25) is 5.02 Å². The molecule has 3 aromatic rings. The van der Waals surface area contributed by atoms with Crippen molar-refractivity contribution < 1.29 is 14.5 Å². The molecule has 0 unspecified atom stereocenters. The van der Waals surface area contributed by atoms with Gasteiger partial charge >= 0.3 is 5.97 Å².